The summed E-state index contributed by atoms with van der Waals surface area (Å²) in [5.74, 6) is 2.15. The Morgan fingerprint density at radius 3 is 2.16 bits per heavy atom. The Morgan fingerprint density at radius 1 is 0.960 bits per heavy atom. The fourth-order valence-electron chi connectivity index (χ4n) is 2.26. The maximum Gasteiger partial charge on any atom is 0.230 e. The normalized spacial score (nSPS) is 10.2. The summed E-state index contributed by atoms with van der Waals surface area (Å²) >= 11 is 1.51. The fourth-order valence-corrected chi connectivity index (χ4v) is 2.99. The van der Waals surface area contributed by atoms with Crippen LogP contribution in [-0.4, -0.2) is 33.0 Å². The molecule has 0 spiro atoms. The second-order valence-electron chi connectivity index (χ2n) is 5.40. The predicted molar refractivity (Wildman–Crippen MR) is 99.8 cm³/mol. The van der Waals surface area contributed by atoms with E-state index >= 15 is 0 Å². The summed E-state index contributed by atoms with van der Waals surface area (Å²) in [5, 5.41) is 2.91. The molecule has 0 aliphatic rings. The van der Waals surface area contributed by atoms with E-state index < -0.39 is 0 Å². The van der Waals surface area contributed by atoms with Crippen LogP contribution in [0, 0.1) is 6.92 Å². The number of ether oxygens (including phenoxy) is 3. The molecule has 0 saturated heterocycles. The number of rotatable bonds is 8. The van der Waals surface area contributed by atoms with Gasteiger partial charge in [-0.15, -0.1) is 11.8 Å². The minimum atomic E-state index is -0.0394. The van der Waals surface area contributed by atoms with Crippen LogP contribution in [0.3, 0.4) is 0 Å². The number of hydrogen-bond acceptors (Lipinski definition) is 5. The molecule has 0 aromatic heterocycles. The molecule has 0 atom stereocenters. The van der Waals surface area contributed by atoms with Gasteiger partial charge in [-0.1, -0.05) is 17.7 Å². The first-order valence-electron chi connectivity index (χ1n) is 7.82. The molecule has 0 aliphatic heterocycles. The van der Waals surface area contributed by atoms with Gasteiger partial charge in [0.1, 0.15) is 5.75 Å². The van der Waals surface area contributed by atoms with E-state index in [0.29, 0.717) is 29.5 Å². The van der Waals surface area contributed by atoms with Crippen LogP contribution in [0.4, 0.5) is 0 Å². The molecule has 1 amide bonds. The number of carbonyl (C=O) groups is 1. The van der Waals surface area contributed by atoms with Gasteiger partial charge in [0, 0.05) is 23.1 Å². The van der Waals surface area contributed by atoms with Crippen molar-refractivity contribution in [1.29, 1.82) is 0 Å². The average molecular weight is 361 g/mol. The standard InChI is InChI=1S/C19H23NO4S/c1-13-5-7-15(8-6-13)25-12-19(21)20-11-14-9-17(23-3)18(24-4)10-16(14)22-2/h5-10H,11-12H2,1-4H3,(H,20,21). The topological polar surface area (TPSA) is 56.8 Å². The smallest absolute Gasteiger partial charge is 0.230 e. The highest BCUT2D eigenvalue weighted by Crippen LogP contribution is 2.34. The third kappa shape index (κ3) is 5.32. The van der Waals surface area contributed by atoms with Gasteiger partial charge < -0.3 is 19.5 Å². The van der Waals surface area contributed by atoms with Crippen LogP contribution in [0.2, 0.25) is 0 Å². The maximum absolute atomic E-state index is 12.1. The molecule has 25 heavy (non-hydrogen) atoms. The van der Waals surface area contributed by atoms with Crippen molar-refractivity contribution < 1.29 is 19.0 Å². The Bertz CT molecular complexity index is 716. The first-order chi connectivity index (χ1) is 12.1. The number of carbonyl (C=O) groups excluding carboxylic acids is 1. The third-order valence-corrected chi connectivity index (χ3v) is 4.67. The van der Waals surface area contributed by atoms with Crippen LogP contribution in [0.15, 0.2) is 41.3 Å². The number of nitrogens with one attached hydrogen (secondary N) is 1. The molecule has 0 aliphatic carbocycles. The molecule has 0 saturated carbocycles. The molecule has 5 nitrogen and oxygen atoms in total. The highest BCUT2D eigenvalue weighted by atomic mass is 32.2. The second-order valence-corrected chi connectivity index (χ2v) is 6.45. The van der Waals surface area contributed by atoms with Crippen LogP contribution in [0.25, 0.3) is 0 Å². The SMILES string of the molecule is COc1cc(OC)c(OC)cc1CNC(=O)CSc1ccc(C)cc1. The van der Waals surface area contributed by atoms with Gasteiger partial charge in [-0.25, -0.2) is 0 Å². The molecule has 2 aromatic carbocycles. The first kappa shape index (κ1) is 19.0. The largest absolute Gasteiger partial charge is 0.496 e. The van der Waals surface area contributed by atoms with E-state index in [9.17, 15) is 4.79 Å². The second kappa shape index (κ2) is 9.22. The van der Waals surface area contributed by atoms with Gasteiger partial charge in [-0.05, 0) is 25.1 Å². The minimum Gasteiger partial charge on any atom is -0.496 e. The molecule has 2 aromatic rings. The van der Waals surface area contributed by atoms with Gasteiger partial charge >= 0.3 is 0 Å². The molecular formula is C19H23NO4S. The fraction of sp³-hybridized carbons (Fsp3) is 0.316. The summed E-state index contributed by atoms with van der Waals surface area (Å²) in [6, 6.07) is 11.7. The molecule has 0 radical (unpaired) electrons. The quantitative estimate of drug-likeness (QED) is 0.730. The Morgan fingerprint density at radius 2 is 1.56 bits per heavy atom. The van der Waals surface area contributed by atoms with Crippen LogP contribution in [-0.2, 0) is 11.3 Å². The van der Waals surface area contributed by atoms with Crippen molar-refractivity contribution in [2.45, 2.75) is 18.4 Å². The third-order valence-electron chi connectivity index (χ3n) is 3.65. The first-order valence-corrected chi connectivity index (χ1v) is 8.81. The monoisotopic (exact) mass is 361 g/mol. The Kier molecular flexibility index (Phi) is 7.01. The number of thioether (sulfide) groups is 1. The van der Waals surface area contributed by atoms with Crippen molar-refractivity contribution in [3.63, 3.8) is 0 Å². The summed E-state index contributed by atoms with van der Waals surface area (Å²) in [4.78, 5) is 13.2. The number of benzene rings is 2. The van der Waals surface area contributed by atoms with Crippen molar-refractivity contribution in [2.75, 3.05) is 27.1 Å². The van der Waals surface area contributed by atoms with Crippen LogP contribution in [0.1, 0.15) is 11.1 Å². The maximum atomic E-state index is 12.1. The van der Waals surface area contributed by atoms with E-state index in [4.69, 9.17) is 14.2 Å². The zero-order valence-corrected chi connectivity index (χ0v) is 15.7. The van der Waals surface area contributed by atoms with Gasteiger partial charge in [-0.2, -0.15) is 0 Å². The Balaban J connectivity index is 1.95. The summed E-state index contributed by atoms with van der Waals surface area (Å²) in [6.07, 6.45) is 0. The molecule has 2 rings (SSSR count). The Hall–Kier alpha value is -2.34. The van der Waals surface area contributed by atoms with Crippen LogP contribution >= 0.6 is 11.8 Å². The zero-order chi connectivity index (χ0) is 18.2. The average Bonchev–Trinajstić information content (AvgIpc) is 2.65. The van der Waals surface area contributed by atoms with Crippen molar-refractivity contribution in [3.8, 4) is 17.2 Å². The van der Waals surface area contributed by atoms with Gasteiger partial charge in [0.15, 0.2) is 11.5 Å². The van der Waals surface area contributed by atoms with E-state index in [1.54, 1.807) is 27.4 Å². The van der Waals surface area contributed by atoms with E-state index in [1.807, 2.05) is 37.3 Å². The lowest BCUT2D eigenvalue weighted by Crippen LogP contribution is -2.24. The van der Waals surface area contributed by atoms with E-state index in [1.165, 1.54) is 17.3 Å². The Labute approximate surface area is 152 Å². The van der Waals surface area contributed by atoms with Crippen molar-refractivity contribution in [3.05, 3.63) is 47.5 Å². The van der Waals surface area contributed by atoms with Crippen LogP contribution < -0.4 is 19.5 Å². The number of hydrogen-bond donors (Lipinski definition) is 1. The van der Waals surface area contributed by atoms with E-state index in [2.05, 4.69) is 5.32 Å². The lowest BCUT2D eigenvalue weighted by Gasteiger charge is -2.14. The highest BCUT2D eigenvalue weighted by Gasteiger charge is 2.12. The highest BCUT2D eigenvalue weighted by molar-refractivity contribution is 8.00. The summed E-state index contributed by atoms with van der Waals surface area (Å²) in [5.41, 5.74) is 2.03. The van der Waals surface area contributed by atoms with Crippen LogP contribution in [0.5, 0.6) is 17.2 Å². The lowest BCUT2D eigenvalue weighted by molar-refractivity contribution is -0.118. The van der Waals surface area contributed by atoms with Crippen molar-refractivity contribution in [2.24, 2.45) is 0 Å². The number of amides is 1. The molecule has 0 fully saturated rings. The van der Waals surface area contributed by atoms with Gasteiger partial charge in [-0.3, -0.25) is 4.79 Å². The minimum absolute atomic E-state index is 0.0394. The predicted octanol–water partition coefficient (Wildman–Crippen LogP) is 3.43. The summed E-state index contributed by atoms with van der Waals surface area (Å²) in [7, 11) is 4.73. The summed E-state index contributed by atoms with van der Waals surface area (Å²) < 4.78 is 15.9. The van der Waals surface area contributed by atoms with Gasteiger partial charge in [0.25, 0.3) is 0 Å². The molecule has 134 valence electrons. The lowest BCUT2D eigenvalue weighted by atomic mass is 10.1. The zero-order valence-electron chi connectivity index (χ0n) is 14.9. The molecule has 0 heterocycles. The molecule has 0 bridgehead atoms. The molecule has 6 heteroatoms. The van der Waals surface area contributed by atoms with Crippen molar-refractivity contribution >= 4 is 17.7 Å². The van der Waals surface area contributed by atoms with E-state index in [-0.39, 0.29) is 5.91 Å². The molecule has 0 unspecified atom stereocenters. The number of aryl methyl sites for hydroxylation is 1. The molecular weight excluding hydrogens is 338 g/mol. The van der Waals surface area contributed by atoms with Gasteiger partial charge in [0.2, 0.25) is 5.91 Å². The molecule has 1 N–H and O–H groups in total. The van der Waals surface area contributed by atoms with E-state index in [0.717, 1.165) is 10.5 Å². The summed E-state index contributed by atoms with van der Waals surface area (Å²) in [6.45, 7) is 2.40. The number of methoxy groups -OCH3 is 3. The van der Waals surface area contributed by atoms with Gasteiger partial charge in [0.05, 0.1) is 27.1 Å². The van der Waals surface area contributed by atoms with Crippen molar-refractivity contribution in [1.82, 2.24) is 5.32 Å².